The van der Waals surface area contributed by atoms with Gasteiger partial charge in [-0.2, -0.15) is 5.26 Å². The molecule has 0 heterocycles. The number of benzene rings is 1. The van der Waals surface area contributed by atoms with Gasteiger partial charge in [0.15, 0.2) is 0 Å². The van der Waals surface area contributed by atoms with Crippen molar-refractivity contribution in [1.82, 2.24) is 5.32 Å². The van der Waals surface area contributed by atoms with Crippen molar-refractivity contribution in [2.75, 3.05) is 7.11 Å². The molecule has 0 atom stereocenters. The van der Waals surface area contributed by atoms with Crippen molar-refractivity contribution in [3.05, 3.63) is 32.2 Å². The average molecular weight is 403 g/mol. The normalized spacial score (nSPS) is 10.6. The number of halogens is 2. The Balaban J connectivity index is 3.18. The zero-order valence-corrected chi connectivity index (χ0v) is 13.4. The van der Waals surface area contributed by atoms with E-state index in [0.29, 0.717) is 20.3 Å². The lowest BCUT2D eigenvalue weighted by molar-refractivity contribution is -0.115. The smallest absolute Gasteiger partial charge is 0.319 e. The van der Waals surface area contributed by atoms with Crippen molar-refractivity contribution >= 4 is 49.9 Å². The lowest BCUT2D eigenvalue weighted by Gasteiger charge is -2.07. The number of nitrogens with one attached hydrogen (secondary N) is 1. The Hall–Kier alpha value is -1.85. The number of nitriles is 1. The van der Waals surface area contributed by atoms with Crippen LogP contribution in [0.15, 0.2) is 26.7 Å². The first-order chi connectivity index (χ1) is 9.38. The molecular formula is C12H9Br2N3O3. The van der Waals surface area contributed by atoms with E-state index in [4.69, 9.17) is 15.7 Å². The van der Waals surface area contributed by atoms with Gasteiger partial charge in [0.05, 0.1) is 16.1 Å². The summed E-state index contributed by atoms with van der Waals surface area (Å²) in [6, 6.07) is 4.01. The van der Waals surface area contributed by atoms with Crippen LogP contribution in [0.2, 0.25) is 0 Å². The van der Waals surface area contributed by atoms with Gasteiger partial charge in [-0.15, -0.1) is 0 Å². The van der Waals surface area contributed by atoms with Crippen LogP contribution < -0.4 is 15.8 Å². The number of methoxy groups -OCH3 is 1. The Morgan fingerprint density at radius 1 is 1.40 bits per heavy atom. The van der Waals surface area contributed by atoms with Crippen LogP contribution in [-0.2, 0) is 4.79 Å². The summed E-state index contributed by atoms with van der Waals surface area (Å²) in [6.07, 6.45) is 1.33. The van der Waals surface area contributed by atoms with Crippen LogP contribution in [0.5, 0.6) is 5.75 Å². The Kier molecular flexibility index (Phi) is 5.73. The first kappa shape index (κ1) is 16.2. The van der Waals surface area contributed by atoms with Crippen molar-refractivity contribution in [3.8, 4) is 11.8 Å². The van der Waals surface area contributed by atoms with Crippen LogP contribution >= 0.6 is 31.9 Å². The van der Waals surface area contributed by atoms with Gasteiger partial charge < -0.3 is 10.5 Å². The fourth-order valence-electron chi connectivity index (χ4n) is 1.35. The molecule has 0 bridgehead atoms. The lowest BCUT2D eigenvalue weighted by atomic mass is 10.1. The molecule has 0 spiro atoms. The molecule has 6 nitrogen and oxygen atoms in total. The van der Waals surface area contributed by atoms with Gasteiger partial charge in [0.2, 0.25) is 0 Å². The monoisotopic (exact) mass is 401 g/mol. The predicted molar refractivity (Wildman–Crippen MR) is 79.7 cm³/mol. The number of urea groups is 1. The summed E-state index contributed by atoms with van der Waals surface area (Å²) in [5, 5.41) is 10.8. The van der Waals surface area contributed by atoms with Gasteiger partial charge in [-0.3, -0.25) is 10.1 Å². The number of amides is 3. The van der Waals surface area contributed by atoms with E-state index in [-0.39, 0.29) is 5.57 Å². The number of imide groups is 1. The molecule has 3 amide bonds. The minimum absolute atomic E-state index is 0.243. The highest BCUT2D eigenvalue weighted by molar-refractivity contribution is 9.11. The number of carbonyl (C=O) groups excluding carboxylic acids is 2. The zero-order chi connectivity index (χ0) is 15.3. The minimum Gasteiger partial charge on any atom is -0.494 e. The summed E-state index contributed by atoms with van der Waals surface area (Å²) in [6.45, 7) is 0. The van der Waals surface area contributed by atoms with E-state index in [9.17, 15) is 9.59 Å². The van der Waals surface area contributed by atoms with Crippen molar-refractivity contribution < 1.29 is 14.3 Å². The third-order valence-electron chi connectivity index (χ3n) is 2.14. The number of hydrogen-bond donors (Lipinski definition) is 2. The quantitative estimate of drug-likeness (QED) is 0.597. The molecular weight excluding hydrogens is 394 g/mol. The van der Waals surface area contributed by atoms with Gasteiger partial charge in [-0.05, 0) is 55.6 Å². The van der Waals surface area contributed by atoms with Crippen LogP contribution in [0.1, 0.15) is 5.56 Å². The summed E-state index contributed by atoms with van der Waals surface area (Å²) in [4.78, 5) is 22.1. The molecule has 1 aromatic rings. The maximum absolute atomic E-state index is 11.5. The number of rotatable bonds is 3. The molecule has 1 aromatic carbocycles. The third kappa shape index (κ3) is 4.08. The SMILES string of the molecule is COc1c(Br)cc(/C=C(/C#N)C(=O)NC(N)=O)cc1Br. The number of carbonyl (C=O) groups is 2. The number of hydrogen-bond acceptors (Lipinski definition) is 4. The predicted octanol–water partition coefficient (Wildman–Crippen LogP) is 2.32. The highest BCUT2D eigenvalue weighted by atomic mass is 79.9. The van der Waals surface area contributed by atoms with Crippen molar-refractivity contribution in [3.63, 3.8) is 0 Å². The van der Waals surface area contributed by atoms with Gasteiger partial charge >= 0.3 is 6.03 Å². The molecule has 0 aliphatic carbocycles. The number of ether oxygens (including phenoxy) is 1. The first-order valence-electron chi connectivity index (χ1n) is 5.14. The fourth-order valence-corrected chi connectivity index (χ4v) is 2.90. The van der Waals surface area contributed by atoms with Gasteiger partial charge in [0.25, 0.3) is 5.91 Å². The third-order valence-corrected chi connectivity index (χ3v) is 3.32. The summed E-state index contributed by atoms with van der Waals surface area (Å²) in [5.41, 5.74) is 5.15. The highest BCUT2D eigenvalue weighted by Crippen LogP contribution is 2.34. The molecule has 0 aromatic heterocycles. The van der Waals surface area contributed by atoms with Gasteiger partial charge in [-0.25, -0.2) is 4.79 Å². The Morgan fingerprint density at radius 3 is 2.35 bits per heavy atom. The Labute approximate surface area is 131 Å². The molecule has 0 fully saturated rings. The second-order valence-corrected chi connectivity index (χ2v) is 5.21. The molecule has 0 radical (unpaired) electrons. The standard InChI is InChI=1S/C12H9Br2N3O3/c1-20-10-8(13)3-6(4-9(10)14)2-7(5-15)11(18)17-12(16)19/h2-4H,1H3,(H3,16,17,18,19)/b7-2-. The average Bonchev–Trinajstić information content (AvgIpc) is 2.34. The van der Waals surface area contributed by atoms with Gasteiger partial charge in [0.1, 0.15) is 17.4 Å². The van der Waals surface area contributed by atoms with Crippen molar-refractivity contribution in [2.24, 2.45) is 5.73 Å². The number of nitrogens with zero attached hydrogens (tertiary/aromatic N) is 1. The number of primary amides is 1. The molecule has 3 N–H and O–H groups in total. The van der Waals surface area contributed by atoms with E-state index in [1.165, 1.54) is 13.2 Å². The molecule has 1 rings (SSSR count). The van der Waals surface area contributed by atoms with Crippen LogP contribution in [0, 0.1) is 11.3 Å². The minimum atomic E-state index is -1.02. The van der Waals surface area contributed by atoms with E-state index in [1.807, 2.05) is 5.32 Å². The summed E-state index contributed by atoms with van der Waals surface area (Å²) < 4.78 is 6.44. The second kappa shape index (κ2) is 7.07. The molecule has 8 heteroatoms. The highest BCUT2D eigenvalue weighted by Gasteiger charge is 2.12. The van der Waals surface area contributed by atoms with Crippen LogP contribution in [0.25, 0.3) is 6.08 Å². The van der Waals surface area contributed by atoms with Crippen molar-refractivity contribution in [1.29, 1.82) is 5.26 Å². The second-order valence-electron chi connectivity index (χ2n) is 3.51. The van der Waals surface area contributed by atoms with E-state index < -0.39 is 11.9 Å². The maximum Gasteiger partial charge on any atom is 0.319 e. The van der Waals surface area contributed by atoms with Gasteiger partial charge in [0, 0.05) is 0 Å². The molecule has 0 unspecified atom stereocenters. The molecule has 0 saturated heterocycles. The summed E-state index contributed by atoms with van der Waals surface area (Å²) >= 11 is 6.61. The fraction of sp³-hybridized carbons (Fsp3) is 0.0833. The molecule has 0 aliphatic rings. The first-order valence-corrected chi connectivity index (χ1v) is 6.73. The van der Waals surface area contributed by atoms with Crippen molar-refractivity contribution in [2.45, 2.75) is 0 Å². The lowest BCUT2D eigenvalue weighted by Crippen LogP contribution is -2.35. The summed E-state index contributed by atoms with van der Waals surface area (Å²) in [7, 11) is 1.52. The van der Waals surface area contributed by atoms with E-state index in [1.54, 1.807) is 18.2 Å². The Morgan fingerprint density at radius 2 is 1.95 bits per heavy atom. The summed E-state index contributed by atoms with van der Waals surface area (Å²) in [5.74, 6) is -0.273. The Bertz CT molecular complexity index is 612. The molecule has 104 valence electrons. The molecule has 0 aliphatic heterocycles. The maximum atomic E-state index is 11.5. The zero-order valence-electron chi connectivity index (χ0n) is 10.2. The molecule has 0 saturated carbocycles. The van der Waals surface area contributed by atoms with Crippen LogP contribution in [0.3, 0.4) is 0 Å². The van der Waals surface area contributed by atoms with E-state index >= 15 is 0 Å². The van der Waals surface area contributed by atoms with Crippen LogP contribution in [0.4, 0.5) is 4.79 Å². The molecule has 20 heavy (non-hydrogen) atoms. The largest absolute Gasteiger partial charge is 0.494 e. The van der Waals surface area contributed by atoms with Gasteiger partial charge in [-0.1, -0.05) is 0 Å². The van der Waals surface area contributed by atoms with E-state index in [2.05, 4.69) is 31.9 Å². The van der Waals surface area contributed by atoms with E-state index in [0.717, 1.165) is 0 Å². The topological polar surface area (TPSA) is 105 Å². The van der Waals surface area contributed by atoms with Crippen LogP contribution in [-0.4, -0.2) is 19.0 Å². The number of nitrogens with two attached hydrogens (primary N) is 1.